The summed E-state index contributed by atoms with van der Waals surface area (Å²) < 4.78 is 10.6. The fourth-order valence-electron chi connectivity index (χ4n) is 4.73. The van der Waals surface area contributed by atoms with Gasteiger partial charge in [-0.05, 0) is 65.9 Å². The number of pyridine rings is 1. The summed E-state index contributed by atoms with van der Waals surface area (Å²) in [6, 6.07) is 13.4. The smallest absolute Gasteiger partial charge is 0.246 e. The van der Waals surface area contributed by atoms with Crippen molar-refractivity contribution in [2.45, 2.75) is 31.8 Å². The van der Waals surface area contributed by atoms with Crippen molar-refractivity contribution in [2.75, 3.05) is 33.9 Å². The maximum atomic E-state index is 13.7. The van der Waals surface area contributed by atoms with Crippen molar-refractivity contribution >= 4 is 40.9 Å². The minimum absolute atomic E-state index is 0.0768. The van der Waals surface area contributed by atoms with Gasteiger partial charge < -0.3 is 24.6 Å². The third-order valence-electron chi connectivity index (χ3n) is 6.95. The molecule has 2 aromatic carbocycles. The average molecular weight is 600 g/mol. The van der Waals surface area contributed by atoms with Gasteiger partial charge in [0.1, 0.15) is 6.04 Å². The third-order valence-corrected chi connectivity index (χ3v) is 7.54. The Hall–Kier alpha value is -3.82. The molecule has 0 bridgehead atoms. The minimum Gasteiger partial charge on any atom is -0.493 e. The number of hydrogen-bond donors (Lipinski definition) is 1. The molecule has 4 rings (SSSR count). The van der Waals surface area contributed by atoms with Crippen LogP contribution in [0, 0.1) is 0 Å². The van der Waals surface area contributed by atoms with Crippen molar-refractivity contribution in [2.24, 2.45) is 0 Å². The highest BCUT2D eigenvalue weighted by atomic mass is 35.5. The molecule has 0 saturated carbocycles. The number of piperazine rings is 1. The van der Waals surface area contributed by atoms with Gasteiger partial charge in [0, 0.05) is 42.1 Å². The Kier molecular flexibility index (Phi) is 10.4. The quantitative estimate of drug-likeness (QED) is 0.339. The Morgan fingerprint density at radius 1 is 0.976 bits per heavy atom. The van der Waals surface area contributed by atoms with E-state index in [2.05, 4.69) is 10.3 Å². The standard InChI is InChI=1S/C30H32Cl2N4O5/c1-40-26-6-3-20(15-27(26)41-2)9-13-34-28(37)17-25-30(39)35(14-10-22-4-5-23(31)16-24(22)32)19-29(38)36(25)18-21-7-11-33-12-8-21/h3-8,11-12,15-16,25H,9-10,13-14,17-19H2,1-2H3,(H,34,37). The van der Waals surface area contributed by atoms with Crippen LogP contribution in [-0.4, -0.2) is 72.4 Å². The summed E-state index contributed by atoms with van der Waals surface area (Å²) in [5.74, 6) is 0.400. The molecule has 216 valence electrons. The first-order chi connectivity index (χ1) is 19.8. The van der Waals surface area contributed by atoms with E-state index < -0.39 is 6.04 Å². The summed E-state index contributed by atoms with van der Waals surface area (Å²) in [6.45, 7) is 0.763. The molecule has 11 heteroatoms. The predicted molar refractivity (Wildman–Crippen MR) is 156 cm³/mol. The largest absolute Gasteiger partial charge is 0.493 e. The van der Waals surface area contributed by atoms with Crippen molar-refractivity contribution in [3.8, 4) is 11.5 Å². The lowest BCUT2D eigenvalue weighted by Gasteiger charge is -2.40. The number of benzene rings is 2. The molecule has 1 fully saturated rings. The zero-order valence-electron chi connectivity index (χ0n) is 22.9. The number of halogens is 2. The molecule has 41 heavy (non-hydrogen) atoms. The van der Waals surface area contributed by atoms with E-state index in [9.17, 15) is 14.4 Å². The van der Waals surface area contributed by atoms with Crippen molar-refractivity contribution in [1.82, 2.24) is 20.1 Å². The van der Waals surface area contributed by atoms with E-state index in [-0.39, 0.29) is 43.8 Å². The number of ether oxygens (including phenoxy) is 2. The van der Waals surface area contributed by atoms with Crippen LogP contribution >= 0.6 is 23.2 Å². The van der Waals surface area contributed by atoms with Gasteiger partial charge in [-0.2, -0.15) is 0 Å². The number of rotatable bonds is 12. The number of carbonyl (C=O) groups excluding carboxylic acids is 3. The van der Waals surface area contributed by atoms with Crippen LogP contribution in [0.1, 0.15) is 23.1 Å². The monoisotopic (exact) mass is 598 g/mol. The molecule has 1 atom stereocenters. The predicted octanol–water partition coefficient (Wildman–Crippen LogP) is 3.94. The second kappa shape index (κ2) is 14.2. The summed E-state index contributed by atoms with van der Waals surface area (Å²) in [5.41, 5.74) is 2.60. The van der Waals surface area contributed by atoms with Gasteiger partial charge >= 0.3 is 0 Å². The van der Waals surface area contributed by atoms with Crippen molar-refractivity contribution < 1.29 is 23.9 Å². The molecule has 1 aromatic heterocycles. The van der Waals surface area contributed by atoms with Gasteiger partial charge in [-0.3, -0.25) is 19.4 Å². The normalized spacial score (nSPS) is 15.2. The molecule has 1 aliphatic rings. The molecule has 1 unspecified atom stereocenters. The average Bonchev–Trinajstić information content (AvgIpc) is 2.97. The SMILES string of the molecule is COc1ccc(CCNC(=O)CC2C(=O)N(CCc3ccc(Cl)cc3Cl)CC(=O)N2Cc2ccncc2)cc1OC. The van der Waals surface area contributed by atoms with Crippen LogP contribution in [0.2, 0.25) is 10.0 Å². The molecule has 1 saturated heterocycles. The summed E-state index contributed by atoms with van der Waals surface area (Å²) in [6.07, 6.45) is 4.11. The first-order valence-corrected chi connectivity index (χ1v) is 13.9. The lowest BCUT2D eigenvalue weighted by Crippen LogP contribution is -2.60. The molecule has 0 spiro atoms. The van der Waals surface area contributed by atoms with E-state index in [1.165, 1.54) is 9.80 Å². The Morgan fingerprint density at radius 2 is 1.73 bits per heavy atom. The maximum Gasteiger partial charge on any atom is 0.246 e. The first kappa shape index (κ1) is 30.1. The fourth-order valence-corrected chi connectivity index (χ4v) is 5.23. The first-order valence-electron chi connectivity index (χ1n) is 13.2. The summed E-state index contributed by atoms with van der Waals surface area (Å²) in [5, 5.41) is 3.91. The van der Waals surface area contributed by atoms with Gasteiger partial charge in [0.15, 0.2) is 11.5 Å². The number of nitrogens with zero attached hydrogens (tertiary/aromatic N) is 3. The Balaban J connectivity index is 1.43. The Labute approximate surface area is 249 Å². The number of methoxy groups -OCH3 is 2. The minimum atomic E-state index is -0.939. The summed E-state index contributed by atoms with van der Waals surface area (Å²) in [7, 11) is 3.14. The summed E-state index contributed by atoms with van der Waals surface area (Å²) in [4.78, 5) is 47.0. The zero-order valence-corrected chi connectivity index (χ0v) is 24.5. The molecule has 2 heterocycles. The molecule has 1 N–H and O–H groups in total. The lowest BCUT2D eigenvalue weighted by molar-refractivity contribution is -0.157. The molecule has 3 aromatic rings. The number of aromatic nitrogens is 1. The fraction of sp³-hybridized carbons (Fsp3) is 0.333. The van der Waals surface area contributed by atoms with E-state index in [4.69, 9.17) is 32.7 Å². The summed E-state index contributed by atoms with van der Waals surface area (Å²) >= 11 is 12.3. The molecule has 9 nitrogen and oxygen atoms in total. The van der Waals surface area contributed by atoms with Gasteiger partial charge in [-0.25, -0.2) is 0 Å². The molecule has 0 aliphatic carbocycles. The number of amides is 3. The molecular weight excluding hydrogens is 567 g/mol. The van der Waals surface area contributed by atoms with Crippen LogP contribution in [0.4, 0.5) is 0 Å². The van der Waals surface area contributed by atoms with Crippen LogP contribution in [0.25, 0.3) is 0 Å². The topological polar surface area (TPSA) is 101 Å². The molecule has 0 radical (unpaired) electrons. The highest BCUT2D eigenvalue weighted by Crippen LogP contribution is 2.28. The zero-order chi connectivity index (χ0) is 29.4. The van der Waals surface area contributed by atoms with Crippen LogP contribution in [0.3, 0.4) is 0 Å². The Bertz CT molecular complexity index is 1390. The van der Waals surface area contributed by atoms with Crippen molar-refractivity contribution in [1.29, 1.82) is 0 Å². The van der Waals surface area contributed by atoms with Crippen LogP contribution in [0.5, 0.6) is 11.5 Å². The number of hydrogen-bond acceptors (Lipinski definition) is 6. The maximum absolute atomic E-state index is 13.7. The van der Waals surface area contributed by atoms with Gasteiger partial charge in [0.25, 0.3) is 0 Å². The van der Waals surface area contributed by atoms with Crippen molar-refractivity contribution in [3.05, 3.63) is 87.7 Å². The number of carbonyl (C=O) groups is 3. The van der Waals surface area contributed by atoms with E-state index in [0.29, 0.717) is 40.9 Å². The highest BCUT2D eigenvalue weighted by Gasteiger charge is 2.40. The van der Waals surface area contributed by atoms with E-state index in [0.717, 1.165) is 16.7 Å². The van der Waals surface area contributed by atoms with Crippen LogP contribution in [-0.2, 0) is 33.8 Å². The molecule has 1 aliphatic heterocycles. The third kappa shape index (κ3) is 7.89. The van der Waals surface area contributed by atoms with Crippen molar-refractivity contribution in [3.63, 3.8) is 0 Å². The lowest BCUT2D eigenvalue weighted by atomic mass is 10.0. The molecular formula is C30H32Cl2N4O5. The van der Waals surface area contributed by atoms with Gasteiger partial charge in [0.05, 0.1) is 27.2 Å². The van der Waals surface area contributed by atoms with E-state index in [1.54, 1.807) is 56.9 Å². The Morgan fingerprint density at radius 3 is 2.44 bits per heavy atom. The second-order valence-electron chi connectivity index (χ2n) is 9.63. The van der Waals surface area contributed by atoms with E-state index in [1.807, 2.05) is 18.2 Å². The second-order valence-corrected chi connectivity index (χ2v) is 10.5. The van der Waals surface area contributed by atoms with Gasteiger partial charge in [-0.1, -0.05) is 35.3 Å². The van der Waals surface area contributed by atoms with Crippen LogP contribution in [0.15, 0.2) is 60.9 Å². The van der Waals surface area contributed by atoms with Gasteiger partial charge in [-0.15, -0.1) is 0 Å². The van der Waals surface area contributed by atoms with E-state index >= 15 is 0 Å². The van der Waals surface area contributed by atoms with Crippen LogP contribution < -0.4 is 14.8 Å². The highest BCUT2D eigenvalue weighted by molar-refractivity contribution is 6.35. The molecule has 3 amide bonds. The number of nitrogens with one attached hydrogen (secondary N) is 1. The van der Waals surface area contributed by atoms with Gasteiger partial charge in [0.2, 0.25) is 17.7 Å².